The van der Waals surface area contributed by atoms with Gasteiger partial charge in [0.25, 0.3) is 0 Å². The summed E-state index contributed by atoms with van der Waals surface area (Å²) >= 11 is 0. The Balaban J connectivity index is 1.72. The first-order valence-electron chi connectivity index (χ1n) is 8.79. The summed E-state index contributed by atoms with van der Waals surface area (Å²) in [6.07, 6.45) is 0. The molecule has 0 spiro atoms. The SMILES string of the molecule is Cn1c(-c2cc(O)cc(-c3nc4ccccc4n3C)c2)nc2ccccc21. The highest BCUT2D eigenvalue weighted by molar-refractivity contribution is 5.84. The topological polar surface area (TPSA) is 55.9 Å². The Morgan fingerprint density at radius 2 is 1.11 bits per heavy atom. The van der Waals surface area contributed by atoms with Crippen molar-refractivity contribution < 1.29 is 5.11 Å². The molecule has 0 bridgehead atoms. The second-order valence-corrected chi connectivity index (χ2v) is 6.73. The van der Waals surface area contributed by atoms with E-state index in [4.69, 9.17) is 9.97 Å². The number of hydrogen-bond acceptors (Lipinski definition) is 3. The van der Waals surface area contributed by atoms with Gasteiger partial charge in [0.2, 0.25) is 0 Å². The lowest BCUT2D eigenvalue weighted by Crippen LogP contribution is -1.95. The molecule has 1 N–H and O–H groups in total. The average molecular weight is 354 g/mol. The van der Waals surface area contributed by atoms with Crippen LogP contribution in [-0.2, 0) is 14.1 Å². The number of phenolic OH excluding ortho intramolecular Hbond substituents is 1. The van der Waals surface area contributed by atoms with Crippen LogP contribution in [0.5, 0.6) is 5.75 Å². The van der Waals surface area contributed by atoms with Crippen molar-refractivity contribution in [3.8, 4) is 28.5 Å². The molecule has 3 aromatic carbocycles. The van der Waals surface area contributed by atoms with Crippen molar-refractivity contribution in [3.05, 3.63) is 66.7 Å². The van der Waals surface area contributed by atoms with Crippen LogP contribution in [0, 0.1) is 0 Å². The molecule has 132 valence electrons. The molecule has 0 aliphatic heterocycles. The number of benzene rings is 3. The van der Waals surface area contributed by atoms with Gasteiger partial charge >= 0.3 is 0 Å². The molecular weight excluding hydrogens is 336 g/mol. The maximum atomic E-state index is 10.4. The molecule has 2 aromatic heterocycles. The van der Waals surface area contributed by atoms with E-state index >= 15 is 0 Å². The summed E-state index contributed by atoms with van der Waals surface area (Å²) in [5.74, 6) is 1.82. The minimum absolute atomic E-state index is 0.196. The fraction of sp³-hybridized carbons (Fsp3) is 0.0909. The molecule has 0 saturated carbocycles. The Bertz CT molecular complexity index is 1210. The summed E-state index contributed by atoms with van der Waals surface area (Å²) in [4.78, 5) is 9.50. The molecule has 0 aliphatic rings. The van der Waals surface area contributed by atoms with E-state index in [1.54, 1.807) is 12.1 Å². The van der Waals surface area contributed by atoms with Crippen molar-refractivity contribution >= 4 is 22.1 Å². The number of nitrogens with zero attached hydrogens (tertiary/aromatic N) is 4. The molecule has 2 heterocycles. The molecule has 5 heteroatoms. The maximum Gasteiger partial charge on any atom is 0.141 e. The second-order valence-electron chi connectivity index (χ2n) is 6.73. The minimum atomic E-state index is 0.196. The summed E-state index contributed by atoms with van der Waals surface area (Å²) < 4.78 is 4.09. The number of fused-ring (bicyclic) bond motifs is 2. The summed E-state index contributed by atoms with van der Waals surface area (Å²) in [6, 6.07) is 21.5. The lowest BCUT2D eigenvalue weighted by atomic mass is 10.1. The molecule has 0 amide bonds. The van der Waals surface area contributed by atoms with Crippen LogP contribution < -0.4 is 0 Å². The third-order valence-corrected chi connectivity index (χ3v) is 5.01. The van der Waals surface area contributed by atoms with E-state index in [1.807, 2.05) is 77.8 Å². The molecule has 0 radical (unpaired) electrons. The van der Waals surface area contributed by atoms with Crippen LogP contribution >= 0.6 is 0 Å². The number of phenols is 1. The van der Waals surface area contributed by atoms with E-state index in [-0.39, 0.29) is 5.75 Å². The fourth-order valence-corrected chi connectivity index (χ4v) is 3.68. The molecule has 0 aliphatic carbocycles. The monoisotopic (exact) mass is 354 g/mol. The van der Waals surface area contributed by atoms with Crippen LogP contribution in [0.4, 0.5) is 0 Å². The third-order valence-electron chi connectivity index (χ3n) is 5.01. The molecule has 5 aromatic rings. The lowest BCUT2D eigenvalue weighted by Gasteiger charge is -2.08. The molecule has 0 atom stereocenters. The van der Waals surface area contributed by atoms with Crippen molar-refractivity contribution in [2.24, 2.45) is 14.1 Å². The van der Waals surface area contributed by atoms with E-state index < -0.39 is 0 Å². The van der Waals surface area contributed by atoms with E-state index in [1.165, 1.54) is 0 Å². The van der Waals surface area contributed by atoms with Crippen LogP contribution in [0.1, 0.15) is 0 Å². The lowest BCUT2D eigenvalue weighted by molar-refractivity contribution is 0.475. The zero-order valence-electron chi connectivity index (χ0n) is 15.1. The number of imidazole rings is 2. The third kappa shape index (κ3) is 2.39. The summed E-state index contributed by atoms with van der Waals surface area (Å²) in [6.45, 7) is 0. The number of aryl methyl sites for hydroxylation is 2. The minimum Gasteiger partial charge on any atom is -0.508 e. The molecule has 5 nitrogen and oxygen atoms in total. The highest BCUT2D eigenvalue weighted by Gasteiger charge is 2.15. The molecule has 5 rings (SSSR count). The van der Waals surface area contributed by atoms with Crippen LogP contribution in [-0.4, -0.2) is 24.2 Å². The summed E-state index contributed by atoms with van der Waals surface area (Å²) in [5, 5.41) is 10.4. The van der Waals surface area contributed by atoms with Gasteiger partial charge in [0.1, 0.15) is 17.4 Å². The van der Waals surface area contributed by atoms with Crippen LogP contribution in [0.15, 0.2) is 66.7 Å². The standard InChI is InChI=1S/C22H18N4O/c1-25-19-9-5-3-7-17(19)23-21(25)14-11-15(13-16(27)12-14)22-24-18-8-4-6-10-20(18)26(22)2/h3-13,27H,1-2H3. The van der Waals surface area contributed by atoms with Gasteiger partial charge in [0.15, 0.2) is 0 Å². The number of para-hydroxylation sites is 4. The summed E-state index contributed by atoms with van der Waals surface area (Å²) in [5.41, 5.74) is 5.69. The van der Waals surface area contributed by atoms with E-state index in [2.05, 4.69) is 0 Å². The Morgan fingerprint density at radius 3 is 1.56 bits per heavy atom. The Morgan fingerprint density at radius 1 is 0.667 bits per heavy atom. The number of aromatic nitrogens is 4. The van der Waals surface area contributed by atoms with Crippen molar-refractivity contribution in [1.82, 2.24) is 19.1 Å². The van der Waals surface area contributed by atoms with Gasteiger partial charge in [0, 0.05) is 25.2 Å². The number of hydrogen-bond donors (Lipinski definition) is 1. The van der Waals surface area contributed by atoms with Gasteiger partial charge in [-0.05, 0) is 42.5 Å². The molecule has 0 fully saturated rings. The Hall–Kier alpha value is -3.60. The second kappa shape index (κ2) is 5.71. The fourth-order valence-electron chi connectivity index (χ4n) is 3.68. The Labute approximate surface area is 156 Å². The van der Waals surface area contributed by atoms with Crippen molar-refractivity contribution in [1.29, 1.82) is 0 Å². The molecule has 0 saturated heterocycles. The van der Waals surface area contributed by atoms with E-state index in [0.717, 1.165) is 44.8 Å². The number of aromatic hydroxyl groups is 1. The van der Waals surface area contributed by atoms with Gasteiger partial charge < -0.3 is 14.2 Å². The summed E-state index contributed by atoms with van der Waals surface area (Å²) in [7, 11) is 3.98. The average Bonchev–Trinajstić information content (AvgIpc) is 3.20. The smallest absolute Gasteiger partial charge is 0.141 e. The zero-order valence-corrected chi connectivity index (χ0v) is 15.1. The zero-order chi connectivity index (χ0) is 18.5. The number of rotatable bonds is 2. The normalized spacial score (nSPS) is 11.5. The molecular formula is C22H18N4O. The first-order valence-corrected chi connectivity index (χ1v) is 8.79. The van der Waals surface area contributed by atoms with E-state index in [9.17, 15) is 5.11 Å². The van der Waals surface area contributed by atoms with Crippen LogP contribution in [0.25, 0.3) is 44.8 Å². The van der Waals surface area contributed by atoms with Gasteiger partial charge in [-0.25, -0.2) is 9.97 Å². The first kappa shape index (κ1) is 15.6. The predicted molar refractivity (Wildman–Crippen MR) is 108 cm³/mol. The maximum absolute atomic E-state index is 10.4. The highest BCUT2D eigenvalue weighted by Crippen LogP contribution is 2.32. The van der Waals surface area contributed by atoms with Crippen molar-refractivity contribution in [2.75, 3.05) is 0 Å². The van der Waals surface area contributed by atoms with Gasteiger partial charge in [-0.15, -0.1) is 0 Å². The quantitative estimate of drug-likeness (QED) is 0.508. The van der Waals surface area contributed by atoms with Gasteiger partial charge in [-0.2, -0.15) is 0 Å². The molecule has 0 unspecified atom stereocenters. The van der Waals surface area contributed by atoms with Crippen LogP contribution in [0.3, 0.4) is 0 Å². The highest BCUT2D eigenvalue weighted by atomic mass is 16.3. The van der Waals surface area contributed by atoms with Crippen molar-refractivity contribution in [2.45, 2.75) is 0 Å². The van der Waals surface area contributed by atoms with Crippen LogP contribution in [0.2, 0.25) is 0 Å². The molecule has 27 heavy (non-hydrogen) atoms. The van der Waals surface area contributed by atoms with Gasteiger partial charge in [-0.3, -0.25) is 0 Å². The largest absolute Gasteiger partial charge is 0.508 e. The predicted octanol–water partition coefficient (Wildman–Crippen LogP) is 4.50. The van der Waals surface area contributed by atoms with Gasteiger partial charge in [0.05, 0.1) is 22.1 Å². The van der Waals surface area contributed by atoms with Crippen molar-refractivity contribution in [3.63, 3.8) is 0 Å². The Kier molecular flexibility index (Phi) is 3.31. The van der Waals surface area contributed by atoms with E-state index in [0.29, 0.717) is 0 Å². The van der Waals surface area contributed by atoms with Gasteiger partial charge in [-0.1, -0.05) is 24.3 Å². The first-order chi connectivity index (χ1) is 13.1.